The van der Waals surface area contributed by atoms with Crippen LogP contribution in [0.25, 0.3) is 0 Å². The average molecular weight is 281 g/mol. The minimum absolute atomic E-state index is 0.0249. The van der Waals surface area contributed by atoms with Crippen LogP contribution in [0, 0.1) is 0 Å². The van der Waals surface area contributed by atoms with Crippen LogP contribution in [-0.4, -0.2) is 66.8 Å². The van der Waals surface area contributed by atoms with Crippen molar-refractivity contribution < 1.29 is 19.7 Å². The second-order valence-electron chi connectivity index (χ2n) is 5.09. The molecule has 112 valence electrons. The smallest absolute Gasteiger partial charge is 0.0932 e. The third kappa shape index (κ3) is 5.19. The molecule has 0 saturated carbocycles. The van der Waals surface area contributed by atoms with E-state index in [4.69, 9.17) is 14.6 Å². The lowest BCUT2D eigenvalue weighted by Gasteiger charge is -2.33. The lowest BCUT2D eigenvalue weighted by atomic mass is 10.2. The minimum atomic E-state index is -0.517. The Hall–Kier alpha value is -0.980. The highest BCUT2D eigenvalue weighted by molar-refractivity contribution is 5.13. The normalized spacial score (nSPS) is 21.8. The largest absolute Gasteiger partial charge is 0.394 e. The third-order valence-electron chi connectivity index (χ3n) is 3.32. The Morgan fingerprint density at radius 3 is 2.90 bits per heavy atom. The van der Waals surface area contributed by atoms with Crippen LogP contribution in [-0.2, 0) is 16.1 Å². The van der Waals surface area contributed by atoms with E-state index in [0.29, 0.717) is 32.9 Å². The Morgan fingerprint density at radius 2 is 2.15 bits per heavy atom. The van der Waals surface area contributed by atoms with Crippen LogP contribution in [0.15, 0.2) is 30.3 Å². The van der Waals surface area contributed by atoms with Crippen molar-refractivity contribution in [3.8, 4) is 0 Å². The number of β-amino-alcohol motifs (C(OH)–C–C–N with tert-alkyl or cyclic N) is 1. The van der Waals surface area contributed by atoms with Crippen LogP contribution in [0.3, 0.4) is 0 Å². The Kier molecular flexibility index (Phi) is 6.42. The van der Waals surface area contributed by atoms with Gasteiger partial charge in [-0.1, -0.05) is 30.3 Å². The van der Waals surface area contributed by atoms with E-state index in [-0.39, 0.29) is 12.7 Å². The summed E-state index contributed by atoms with van der Waals surface area (Å²) in [6.45, 7) is 3.45. The molecule has 2 atom stereocenters. The minimum Gasteiger partial charge on any atom is -0.394 e. The van der Waals surface area contributed by atoms with Crippen molar-refractivity contribution >= 4 is 0 Å². The number of nitrogens with zero attached hydrogens (tertiary/aromatic N) is 1. The molecule has 0 aromatic heterocycles. The van der Waals surface area contributed by atoms with Gasteiger partial charge < -0.3 is 19.7 Å². The number of hydrogen-bond donors (Lipinski definition) is 2. The molecule has 0 aliphatic carbocycles. The van der Waals surface area contributed by atoms with Gasteiger partial charge >= 0.3 is 0 Å². The summed E-state index contributed by atoms with van der Waals surface area (Å²) >= 11 is 0. The van der Waals surface area contributed by atoms with Crippen molar-refractivity contribution in [3.05, 3.63) is 35.9 Å². The summed E-state index contributed by atoms with van der Waals surface area (Å²) in [5, 5.41) is 19.0. The molecule has 1 aliphatic heterocycles. The van der Waals surface area contributed by atoms with Gasteiger partial charge in [-0.05, 0) is 5.56 Å². The maximum atomic E-state index is 9.97. The molecule has 5 nitrogen and oxygen atoms in total. The van der Waals surface area contributed by atoms with Crippen molar-refractivity contribution in [1.82, 2.24) is 4.90 Å². The number of benzene rings is 1. The highest BCUT2D eigenvalue weighted by atomic mass is 16.5. The molecule has 0 amide bonds. The molecule has 1 fully saturated rings. The van der Waals surface area contributed by atoms with E-state index in [1.165, 1.54) is 0 Å². The first kappa shape index (κ1) is 15.4. The van der Waals surface area contributed by atoms with E-state index in [0.717, 1.165) is 12.1 Å². The highest BCUT2D eigenvalue weighted by Crippen LogP contribution is 2.06. The zero-order valence-corrected chi connectivity index (χ0v) is 11.6. The van der Waals surface area contributed by atoms with Crippen LogP contribution in [0.2, 0.25) is 0 Å². The van der Waals surface area contributed by atoms with Crippen LogP contribution in [0.1, 0.15) is 5.56 Å². The van der Waals surface area contributed by atoms with Gasteiger partial charge in [-0.15, -0.1) is 0 Å². The predicted molar refractivity (Wildman–Crippen MR) is 75.4 cm³/mol. The summed E-state index contributed by atoms with van der Waals surface area (Å²) in [7, 11) is 0. The molecular weight excluding hydrogens is 258 g/mol. The molecule has 1 saturated heterocycles. The fraction of sp³-hybridized carbons (Fsp3) is 0.600. The van der Waals surface area contributed by atoms with E-state index < -0.39 is 6.10 Å². The number of rotatable bonds is 7. The zero-order valence-electron chi connectivity index (χ0n) is 11.6. The number of hydrogen-bond acceptors (Lipinski definition) is 5. The van der Waals surface area contributed by atoms with Crippen molar-refractivity contribution in [3.63, 3.8) is 0 Å². The summed E-state index contributed by atoms with van der Waals surface area (Å²) in [4.78, 5) is 2.10. The molecular formula is C15H23NO4. The maximum Gasteiger partial charge on any atom is 0.0932 e. The number of morpholine rings is 1. The molecule has 0 spiro atoms. The Bertz CT molecular complexity index is 373. The Labute approximate surface area is 119 Å². The first-order valence-electron chi connectivity index (χ1n) is 7.02. The van der Waals surface area contributed by atoms with Gasteiger partial charge in [-0.3, -0.25) is 4.90 Å². The highest BCUT2D eigenvalue weighted by Gasteiger charge is 2.21. The first-order chi connectivity index (χ1) is 9.78. The van der Waals surface area contributed by atoms with Gasteiger partial charge in [0.2, 0.25) is 0 Å². The zero-order chi connectivity index (χ0) is 14.2. The van der Waals surface area contributed by atoms with Crippen molar-refractivity contribution in [2.45, 2.75) is 18.8 Å². The first-order valence-corrected chi connectivity index (χ1v) is 7.02. The molecule has 2 N–H and O–H groups in total. The van der Waals surface area contributed by atoms with Crippen molar-refractivity contribution in [2.75, 3.05) is 39.5 Å². The van der Waals surface area contributed by atoms with Gasteiger partial charge in [0.15, 0.2) is 0 Å². The summed E-state index contributed by atoms with van der Waals surface area (Å²) in [5.41, 5.74) is 1.10. The molecule has 20 heavy (non-hydrogen) atoms. The van der Waals surface area contributed by atoms with Gasteiger partial charge in [0.05, 0.1) is 38.6 Å². The topological polar surface area (TPSA) is 62.2 Å². The predicted octanol–water partition coefficient (Wildman–Crippen LogP) is 0.257. The van der Waals surface area contributed by atoms with Gasteiger partial charge in [0.25, 0.3) is 0 Å². The Balaban J connectivity index is 1.63. The standard InChI is InChI=1S/C15H23NO4/c17-10-15-9-16(6-7-20-15)8-14(18)12-19-11-13-4-2-1-3-5-13/h1-5,14-15,17-18H,6-12H2. The lowest BCUT2D eigenvalue weighted by molar-refractivity contribution is -0.0689. The van der Waals surface area contributed by atoms with Gasteiger partial charge in [0, 0.05) is 19.6 Å². The molecule has 1 heterocycles. The molecule has 1 aliphatic rings. The molecule has 1 aromatic carbocycles. The molecule has 0 bridgehead atoms. The molecule has 2 unspecified atom stereocenters. The van der Waals surface area contributed by atoms with Gasteiger partial charge in [-0.2, -0.15) is 0 Å². The quantitative estimate of drug-likeness (QED) is 0.750. The van der Waals surface area contributed by atoms with E-state index in [1.54, 1.807) is 0 Å². The van der Waals surface area contributed by atoms with E-state index >= 15 is 0 Å². The molecule has 2 rings (SSSR count). The van der Waals surface area contributed by atoms with Crippen molar-refractivity contribution in [1.29, 1.82) is 0 Å². The van der Waals surface area contributed by atoms with Crippen LogP contribution in [0.4, 0.5) is 0 Å². The average Bonchev–Trinajstić information content (AvgIpc) is 2.48. The summed E-state index contributed by atoms with van der Waals surface area (Å²) in [5.74, 6) is 0. The SMILES string of the molecule is OCC1CN(CC(O)COCc2ccccc2)CCO1. The summed E-state index contributed by atoms with van der Waals surface area (Å²) in [6, 6.07) is 9.91. The van der Waals surface area contributed by atoms with Crippen LogP contribution >= 0.6 is 0 Å². The van der Waals surface area contributed by atoms with E-state index in [2.05, 4.69) is 4.90 Å². The molecule has 1 aromatic rings. The van der Waals surface area contributed by atoms with Crippen LogP contribution < -0.4 is 0 Å². The van der Waals surface area contributed by atoms with Crippen LogP contribution in [0.5, 0.6) is 0 Å². The van der Waals surface area contributed by atoms with Crippen molar-refractivity contribution in [2.24, 2.45) is 0 Å². The molecule has 5 heteroatoms. The van der Waals surface area contributed by atoms with E-state index in [1.807, 2.05) is 30.3 Å². The third-order valence-corrected chi connectivity index (χ3v) is 3.32. The van der Waals surface area contributed by atoms with Gasteiger partial charge in [0.1, 0.15) is 0 Å². The summed E-state index contributed by atoms with van der Waals surface area (Å²) in [6.07, 6.45) is -0.655. The summed E-state index contributed by atoms with van der Waals surface area (Å²) < 4.78 is 10.9. The van der Waals surface area contributed by atoms with E-state index in [9.17, 15) is 5.11 Å². The second kappa shape index (κ2) is 8.34. The maximum absolute atomic E-state index is 9.97. The van der Waals surface area contributed by atoms with Gasteiger partial charge in [-0.25, -0.2) is 0 Å². The number of aliphatic hydroxyl groups is 2. The monoisotopic (exact) mass is 281 g/mol. The number of aliphatic hydroxyl groups excluding tert-OH is 2. The Morgan fingerprint density at radius 1 is 1.35 bits per heavy atom. The molecule has 0 radical (unpaired) electrons. The fourth-order valence-corrected chi connectivity index (χ4v) is 2.29. The lowest BCUT2D eigenvalue weighted by Crippen LogP contribution is -2.47. The number of ether oxygens (including phenoxy) is 2. The second-order valence-corrected chi connectivity index (χ2v) is 5.09. The fourth-order valence-electron chi connectivity index (χ4n) is 2.29.